The van der Waals surface area contributed by atoms with Crippen LogP contribution in [0.15, 0.2) is 47.6 Å². The van der Waals surface area contributed by atoms with Crippen molar-refractivity contribution in [3.05, 3.63) is 54.0 Å². The smallest absolute Gasteiger partial charge is 0.219 e. The second kappa shape index (κ2) is 8.66. The number of ether oxygens (including phenoxy) is 1. The SMILES string of the molecule is Fc1ccc(Oc2cc(CNC3=NCCCN3)ccn2)cc1.I. The molecule has 1 aliphatic heterocycles. The average molecular weight is 428 g/mol. The van der Waals surface area contributed by atoms with Crippen LogP contribution in [-0.2, 0) is 6.54 Å². The van der Waals surface area contributed by atoms with E-state index in [1.165, 1.54) is 12.1 Å². The molecule has 1 aromatic heterocycles. The third kappa shape index (κ3) is 5.34. The lowest BCUT2D eigenvalue weighted by Crippen LogP contribution is -2.40. The maximum absolute atomic E-state index is 12.9. The number of nitrogens with zero attached hydrogens (tertiary/aromatic N) is 2. The van der Waals surface area contributed by atoms with Crippen molar-refractivity contribution < 1.29 is 9.13 Å². The average Bonchev–Trinajstić information content (AvgIpc) is 2.57. The first kappa shape index (κ1) is 17.5. The van der Waals surface area contributed by atoms with Crippen molar-refractivity contribution in [2.75, 3.05) is 13.1 Å². The summed E-state index contributed by atoms with van der Waals surface area (Å²) in [6, 6.07) is 9.61. The van der Waals surface area contributed by atoms with Crippen LogP contribution in [0.3, 0.4) is 0 Å². The van der Waals surface area contributed by atoms with Gasteiger partial charge in [0, 0.05) is 31.9 Å². The van der Waals surface area contributed by atoms with E-state index in [1.54, 1.807) is 18.3 Å². The Kier molecular flexibility index (Phi) is 6.57. The van der Waals surface area contributed by atoms with E-state index in [4.69, 9.17) is 4.74 Å². The third-order valence-corrected chi connectivity index (χ3v) is 3.19. The second-order valence-electron chi connectivity index (χ2n) is 4.92. The van der Waals surface area contributed by atoms with Gasteiger partial charge >= 0.3 is 0 Å². The Hall–Kier alpha value is -1.90. The van der Waals surface area contributed by atoms with Crippen LogP contribution in [0.2, 0.25) is 0 Å². The summed E-state index contributed by atoms with van der Waals surface area (Å²) in [5.74, 6) is 1.56. The van der Waals surface area contributed by atoms with Crippen LogP contribution < -0.4 is 15.4 Å². The molecule has 23 heavy (non-hydrogen) atoms. The van der Waals surface area contributed by atoms with E-state index in [0.29, 0.717) is 18.2 Å². The molecule has 1 aromatic carbocycles. The maximum atomic E-state index is 12.9. The van der Waals surface area contributed by atoms with Gasteiger partial charge in [-0.05, 0) is 42.3 Å². The van der Waals surface area contributed by atoms with E-state index in [-0.39, 0.29) is 29.8 Å². The van der Waals surface area contributed by atoms with Gasteiger partial charge in [-0.15, -0.1) is 24.0 Å². The van der Waals surface area contributed by atoms with E-state index in [2.05, 4.69) is 20.6 Å². The first-order chi connectivity index (χ1) is 10.8. The van der Waals surface area contributed by atoms with Gasteiger partial charge in [-0.3, -0.25) is 4.99 Å². The zero-order chi connectivity index (χ0) is 15.2. The maximum Gasteiger partial charge on any atom is 0.219 e. The molecule has 0 fully saturated rings. The van der Waals surface area contributed by atoms with Gasteiger partial charge in [-0.2, -0.15) is 0 Å². The molecule has 2 N–H and O–H groups in total. The minimum absolute atomic E-state index is 0. The minimum Gasteiger partial charge on any atom is -0.439 e. The minimum atomic E-state index is -0.293. The highest BCUT2D eigenvalue weighted by molar-refractivity contribution is 14.0. The van der Waals surface area contributed by atoms with Crippen LogP contribution in [0, 0.1) is 5.82 Å². The van der Waals surface area contributed by atoms with Gasteiger partial charge in [0.1, 0.15) is 11.6 Å². The molecule has 2 heterocycles. The standard InChI is InChI=1S/C16H17FN4O.HI/c17-13-2-4-14(5-3-13)22-15-10-12(6-9-18-15)11-21-16-19-7-1-8-20-16;/h2-6,9-10H,1,7-8,11H2,(H2,19,20,21);1H. The third-order valence-electron chi connectivity index (χ3n) is 3.19. The van der Waals surface area contributed by atoms with Crippen LogP contribution in [0.5, 0.6) is 11.6 Å². The number of hydrogen-bond acceptors (Lipinski definition) is 5. The summed E-state index contributed by atoms with van der Waals surface area (Å²) in [5.41, 5.74) is 1.03. The summed E-state index contributed by atoms with van der Waals surface area (Å²) in [7, 11) is 0. The lowest BCUT2D eigenvalue weighted by molar-refractivity contribution is 0.460. The highest BCUT2D eigenvalue weighted by Crippen LogP contribution is 2.20. The number of benzene rings is 1. The summed E-state index contributed by atoms with van der Waals surface area (Å²) < 4.78 is 18.5. The number of nitrogens with one attached hydrogen (secondary N) is 2. The predicted molar refractivity (Wildman–Crippen MR) is 97.9 cm³/mol. The van der Waals surface area contributed by atoms with E-state index in [1.807, 2.05) is 12.1 Å². The molecule has 0 atom stereocenters. The first-order valence-corrected chi connectivity index (χ1v) is 7.20. The number of pyridine rings is 1. The topological polar surface area (TPSA) is 58.5 Å². The number of guanidine groups is 1. The van der Waals surface area contributed by atoms with Crippen molar-refractivity contribution in [1.82, 2.24) is 15.6 Å². The van der Waals surface area contributed by atoms with Gasteiger partial charge in [0.15, 0.2) is 5.96 Å². The summed E-state index contributed by atoms with van der Waals surface area (Å²) >= 11 is 0. The van der Waals surface area contributed by atoms with Crippen LogP contribution >= 0.6 is 24.0 Å². The zero-order valence-electron chi connectivity index (χ0n) is 12.5. The molecule has 0 unspecified atom stereocenters. The molecular formula is C16H18FIN4O. The number of aromatic nitrogens is 1. The monoisotopic (exact) mass is 428 g/mol. The molecule has 0 aliphatic carbocycles. The van der Waals surface area contributed by atoms with E-state index >= 15 is 0 Å². The Balaban J connectivity index is 0.00000192. The van der Waals surface area contributed by atoms with Crippen molar-refractivity contribution in [2.45, 2.75) is 13.0 Å². The molecule has 1 aliphatic rings. The number of aliphatic imine (C=N–C) groups is 1. The Bertz CT molecular complexity index is 663. The van der Waals surface area contributed by atoms with Crippen LogP contribution in [-0.4, -0.2) is 24.0 Å². The molecule has 0 spiro atoms. The number of halogens is 2. The number of hydrogen-bond donors (Lipinski definition) is 2. The fourth-order valence-electron chi connectivity index (χ4n) is 2.08. The summed E-state index contributed by atoms with van der Waals surface area (Å²) in [6.45, 7) is 2.43. The summed E-state index contributed by atoms with van der Waals surface area (Å²) in [6.07, 6.45) is 2.75. The molecule has 0 bridgehead atoms. The fraction of sp³-hybridized carbons (Fsp3) is 0.250. The second-order valence-corrected chi connectivity index (χ2v) is 4.92. The molecule has 3 rings (SSSR count). The molecule has 5 nitrogen and oxygen atoms in total. The van der Waals surface area contributed by atoms with Gasteiger partial charge in [0.2, 0.25) is 5.88 Å². The Morgan fingerprint density at radius 3 is 2.78 bits per heavy atom. The van der Waals surface area contributed by atoms with Gasteiger partial charge in [-0.25, -0.2) is 9.37 Å². The van der Waals surface area contributed by atoms with Crippen molar-refractivity contribution >= 4 is 29.9 Å². The van der Waals surface area contributed by atoms with E-state index in [9.17, 15) is 4.39 Å². The summed E-state index contributed by atoms with van der Waals surface area (Å²) in [4.78, 5) is 8.52. The van der Waals surface area contributed by atoms with Gasteiger partial charge < -0.3 is 15.4 Å². The van der Waals surface area contributed by atoms with Crippen molar-refractivity contribution in [1.29, 1.82) is 0 Å². The molecule has 2 aromatic rings. The van der Waals surface area contributed by atoms with Crippen LogP contribution in [0.1, 0.15) is 12.0 Å². The van der Waals surface area contributed by atoms with E-state index in [0.717, 1.165) is 31.0 Å². The lowest BCUT2D eigenvalue weighted by atomic mass is 10.2. The van der Waals surface area contributed by atoms with E-state index < -0.39 is 0 Å². The molecule has 0 saturated heterocycles. The molecule has 0 amide bonds. The Labute approximate surface area is 151 Å². The van der Waals surface area contributed by atoms with Crippen molar-refractivity contribution in [2.24, 2.45) is 4.99 Å². The number of rotatable bonds is 4. The molecular weight excluding hydrogens is 410 g/mol. The van der Waals surface area contributed by atoms with Crippen molar-refractivity contribution in [3.8, 4) is 11.6 Å². The van der Waals surface area contributed by atoms with Crippen molar-refractivity contribution in [3.63, 3.8) is 0 Å². The first-order valence-electron chi connectivity index (χ1n) is 7.20. The quantitative estimate of drug-likeness (QED) is 0.736. The highest BCUT2D eigenvalue weighted by Gasteiger charge is 2.05. The molecule has 7 heteroatoms. The van der Waals surface area contributed by atoms with Gasteiger partial charge in [0.25, 0.3) is 0 Å². The van der Waals surface area contributed by atoms with Gasteiger partial charge in [0.05, 0.1) is 0 Å². The predicted octanol–water partition coefficient (Wildman–Crippen LogP) is 3.07. The largest absolute Gasteiger partial charge is 0.439 e. The van der Waals surface area contributed by atoms with Crippen LogP contribution in [0.25, 0.3) is 0 Å². The molecule has 122 valence electrons. The molecule has 0 saturated carbocycles. The Morgan fingerprint density at radius 2 is 2.04 bits per heavy atom. The zero-order valence-corrected chi connectivity index (χ0v) is 14.8. The normalized spacial score (nSPS) is 13.3. The molecule has 0 radical (unpaired) electrons. The Morgan fingerprint density at radius 1 is 1.22 bits per heavy atom. The summed E-state index contributed by atoms with van der Waals surface area (Å²) in [5, 5.41) is 6.45. The van der Waals surface area contributed by atoms with Crippen LogP contribution in [0.4, 0.5) is 4.39 Å². The highest BCUT2D eigenvalue weighted by atomic mass is 127. The fourth-order valence-corrected chi connectivity index (χ4v) is 2.08. The van der Waals surface area contributed by atoms with Gasteiger partial charge in [-0.1, -0.05) is 0 Å². The lowest BCUT2D eigenvalue weighted by Gasteiger charge is -2.16.